The Morgan fingerprint density at radius 1 is 1.40 bits per heavy atom. The van der Waals surface area contributed by atoms with Gasteiger partial charge in [-0.3, -0.25) is 4.79 Å². The molecule has 1 heterocycles. The van der Waals surface area contributed by atoms with Crippen molar-refractivity contribution in [3.05, 3.63) is 11.3 Å². The molecule has 0 aromatic rings. The van der Waals surface area contributed by atoms with Gasteiger partial charge >= 0.3 is 0 Å². The van der Waals surface area contributed by atoms with Gasteiger partial charge < -0.3 is 4.74 Å². The summed E-state index contributed by atoms with van der Waals surface area (Å²) in [6.07, 6.45) is 6.34. The molecular formula is C13H20O2. The molecule has 1 aliphatic heterocycles. The lowest BCUT2D eigenvalue weighted by Crippen LogP contribution is -2.29. The predicted octanol–water partition coefficient (Wildman–Crippen LogP) is 3.22. The fourth-order valence-electron chi connectivity index (χ4n) is 2.77. The van der Waals surface area contributed by atoms with E-state index in [1.807, 2.05) is 0 Å². The highest BCUT2D eigenvalue weighted by atomic mass is 16.5. The van der Waals surface area contributed by atoms with Crippen LogP contribution in [0.4, 0.5) is 0 Å². The molecule has 2 nitrogen and oxygen atoms in total. The summed E-state index contributed by atoms with van der Waals surface area (Å²) < 4.78 is 5.93. The van der Waals surface area contributed by atoms with E-state index in [2.05, 4.69) is 13.8 Å². The molecule has 84 valence electrons. The summed E-state index contributed by atoms with van der Waals surface area (Å²) in [6, 6.07) is 0. The van der Waals surface area contributed by atoms with E-state index in [1.165, 1.54) is 0 Å². The third kappa shape index (κ3) is 2.09. The lowest BCUT2D eigenvalue weighted by atomic mass is 9.82. The van der Waals surface area contributed by atoms with Crippen LogP contribution < -0.4 is 0 Å². The van der Waals surface area contributed by atoms with Crippen LogP contribution in [0.5, 0.6) is 0 Å². The first kappa shape index (κ1) is 10.7. The predicted molar refractivity (Wildman–Crippen MR) is 59.4 cm³/mol. The van der Waals surface area contributed by atoms with E-state index in [9.17, 15) is 4.79 Å². The van der Waals surface area contributed by atoms with E-state index in [1.54, 1.807) is 0 Å². The molecular weight excluding hydrogens is 188 g/mol. The van der Waals surface area contributed by atoms with Gasteiger partial charge in [0.2, 0.25) is 0 Å². The summed E-state index contributed by atoms with van der Waals surface area (Å²) in [5, 5.41) is 0. The molecule has 0 aromatic carbocycles. The minimum absolute atomic E-state index is 0.332. The first-order chi connectivity index (χ1) is 7.22. The quantitative estimate of drug-likeness (QED) is 0.696. The number of carbonyl (C=O) groups is 1. The van der Waals surface area contributed by atoms with Crippen molar-refractivity contribution in [1.29, 1.82) is 0 Å². The number of hydrogen-bond acceptors (Lipinski definition) is 2. The molecule has 0 aromatic heterocycles. The maximum absolute atomic E-state index is 11.8. The van der Waals surface area contributed by atoms with Gasteiger partial charge in [0.15, 0.2) is 5.78 Å². The zero-order chi connectivity index (χ0) is 10.8. The number of ketones is 1. The van der Waals surface area contributed by atoms with Crippen molar-refractivity contribution >= 4 is 5.78 Å². The molecule has 2 atom stereocenters. The lowest BCUT2D eigenvalue weighted by Gasteiger charge is -2.34. The van der Waals surface area contributed by atoms with E-state index in [0.717, 1.165) is 49.9 Å². The minimum atomic E-state index is 0.332. The van der Waals surface area contributed by atoms with E-state index in [4.69, 9.17) is 4.74 Å². The molecule has 0 unspecified atom stereocenters. The highest BCUT2D eigenvalue weighted by Crippen LogP contribution is 2.37. The van der Waals surface area contributed by atoms with Crippen molar-refractivity contribution in [3.8, 4) is 0 Å². The maximum atomic E-state index is 11.8. The highest BCUT2D eigenvalue weighted by Gasteiger charge is 2.33. The van der Waals surface area contributed by atoms with Crippen LogP contribution in [0.1, 0.15) is 52.4 Å². The van der Waals surface area contributed by atoms with Gasteiger partial charge in [-0.25, -0.2) is 0 Å². The third-order valence-electron chi connectivity index (χ3n) is 3.44. The van der Waals surface area contributed by atoms with Gasteiger partial charge in [0.25, 0.3) is 0 Å². The summed E-state index contributed by atoms with van der Waals surface area (Å²) in [6.45, 7) is 4.35. The maximum Gasteiger partial charge on any atom is 0.162 e. The summed E-state index contributed by atoms with van der Waals surface area (Å²) >= 11 is 0. The second kappa shape index (κ2) is 4.38. The Bertz CT molecular complexity index is 291. The van der Waals surface area contributed by atoms with Crippen molar-refractivity contribution in [2.24, 2.45) is 5.92 Å². The van der Waals surface area contributed by atoms with Crippen molar-refractivity contribution in [3.63, 3.8) is 0 Å². The van der Waals surface area contributed by atoms with E-state index in [0.29, 0.717) is 17.8 Å². The molecule has 2 rings (SSSR count). The smallest absolute Gasteiger partial charge is 0.162 e. The van der Waals surface area contributed by atoms with Gasteiger partial charge in [0.05, 0.1) is 6.10 Å². The van der Waals surface area contributed by atoms with E-state index < -0.39 is 0 Å². The number of rotatable bonds is 2. The zero-order valence-corrected chi connectivity index (χ0v) is 9.71. The van der Waals surface area contributed by atoms with Gasteiger partial charge in [-0.05, 0) is 25.2 Å². The van der Waals surface area contributed by atoms with Crippen molar-refractivity contribution in [2.45, 2.75) is 58.5 Å². The van der Waals surface area contributed by atoms with Gasteiger partial charge in [0.1, 0.15) is 5.76 Å². The first-order valence-corrected chi connectivity index (χ1v) is 6.15. The number of ether oxygens (including phenoxy) is 1. The number of hydrogen-bond donors (Lipinski definition) is 0. The Morgan fingerprint density at radius 3 is 2.93 bits per heavy atom. The van der Waals surface area contributed by atoms with Crippen LogP contribution in [0.2, 0.25) is 0 Å². The van der Waals surface area contributed by atoms with Crippen LogP contribution in [0, 0.1) is 5.92 Å². The van der Waals surface area contributed by atoms with Crippen LogP contribution in [0.25, 0.3) is 0 Å². The first-order valence-electron chi connectivity index (χ1n) is 6.15. The molecule has 0 radical (unpaired) electrons. The Labute approximate surface area is 91.7 Å². The molecule has 2 heteroatoms. The lowest BCUT2D eigenvalue weighted by molar-refractivity contribution is -0.118. The molecule has 0 N–H and O–H groups in total. The minimum Gasteiger partial charge on any atom is -0.494 e. The number of allylic oxidation sites excluding steroid dienone is 2. The second-order valence-corrected chi connectivity index (χ2v) is 4.78. The third-order valence-corrected chi connectivity index (χ3v) is 3.44. The average Bonchev–Trinajstić information content (AvgIpc) is 2.17. The van der Waals surface area contributed by atoms with Crippen LogP contribution in [-0.4, -0.2) is 11.9 Å². The summed E-state index contributed by atoms with van der Waals surface area (Å²) in [5.41, 5.74) is 1.01. The molecule has 0 saturated carbocycles. The molecule has 2 aliphatic rings. The van der Waals surface area contributed by atoms with Crippen LogP contribution >= 0.6 is 0 Å². The fraction of sp³-hybridized carbons (Fsp3) is 0.769. The normalized spacial score (nSPS) is 31.2. The van der Waals surface area contributed by atoms with Crippen LogP contribution in [0.15, 0.2) is 11.3 Å². The van der Waals surface area contributed by atoms with Crippen LogP contribution in [-0.2, 0) is 9.53 Å². The van der Waals surface area contributed by atoms with Gasteiger partial charge in [-0.15, -0.1) is 0 Å². The fourth-order valence-corrected chi connectivity index (χ4v) is 2.77. The number of carbonyl (C=O) groups excluding carboxylic acids is 1. The summed E-state index contributed by atoms with van der Waals surface area (Å²) in [4.78, 5) is 11.8. The van der Waals surface area contributed by atoms with Gasteiger partial charge in [-0.2, -0.15) is 0 Å². The van der Waals surface area contributed by atoms with E-state index in [-0.39, 0.29) is 0 Å². The van der Waals surface area contributed by atoms with Gasteiger partial charge in [0, 0.05) is 18.4 Å². The Kier molecular flexibility index (Phi) is 3.13. The molecule has 0 bridgehead atoms. The molecule has 0 spiro atoms. The molecule has 0 fully saturated rings. The average molecular weight is 208 g/mol. The van der Waals surface area contributed by atoms with Crippen LogP contribution in [0.3, 0.4) is 0 Å². The summed E-state index contributed by atoms with van der Waals surface area (Å²) in [7, 11) is 0. The Hall–Kier alpha value is -0.790. The topological polar surface area (TPSA) is 26.3 Å². The number of Topliss-reactive ketones (excluding diaryl/α,β-unsaturated/α-hetero) is 1. The SMILES string of the molecule is CCC[C@@H]1C[C@@H](C)C2=C(CCCC2=O)O1. The second-order valence-electron chi connectivity index (χ2n) is 4.78. The van der Waals surface area contributed by atoms with Gasteiger partial charge in [-0.1, -0.05) is 20.3 Å². The van der Waals surface area contributed by atoms with E-state index >= 15 is 0 Å². The largest absolute Gasteiger partial charge is 0.494 e. The Morgan fingerprint density at radius 2 is 2.20 bits per heavy atom. The molecule has 1 aliphatic carbocycles. The zero-order valence-electron chi connectivity index (χ0n) is 9.71. The molecule has 15 heavy (non-hydrogen) atoms. The van der Waals surface area contributed by atoms with Crippen molar-refractivity contribution in [2.75, 3.05) is 0 Å². The standard InChI is InChI=1S/C13H20O2/c1-3-5-10-8-9(2)13-11(14)6-4-7-12(13)15-10/h9-10H,3-8H2,1-2H3/t9-,10-/m1/s1. The highest BCUT2D eigenvalue weighted by molar-refractivity contribution is 5.97. The van der Waals surface area contributed by atoms with Crippen molar-refractivity contribution in [1.82, 2.24) is 0 Å². The monoisotopic (exact) mass is 208 g/mol. The Balaban J connectivity index is 2.17. The summed E-state index contributed by atoms with van der Waals surface area (Å²) in [5.74, 6) is 1.76. The molecule has 0 amide bonds. The van der Waals surface area contributed by atoms with Crippen molar-refractivity contribution < 1.29 is 9.53 Å². The molecule has 0 saturated heterocycles.